The fourth-order valence-electron chi connectivity index (χ4n) is 1.03. The van der Waals surface area contributed by atoms with E-state index >= 15 is 0 Å². The van der Waals surface area contributed by atoms with Gasteiger partial charge in [-0.3, -0.25) is 4.99 Å². The lowest BCUT2D eigenvalue weighted by Gasteiger charge is -2.04. The molecule has 1 heterocycles. The third kappa shape index (κ3) is 5.59. The fraction of sp³-hybridized carbons (Fsp3) is 0.615. The maximum absolute atomic E-state index is 4.24. The number of nitrogens with zero attached hydrogens (tertiary/aromatic N) is 1. The molecule has 1 aliphatic rings. The lowest BCUT2D eigenvalue weighted by atomic mass is 10.1. The Morgan fingerprint density at radius 1 is 1.36 bits per heavy atom. The van der Waals surface area contributed by atoms with E-state index in [2.05, 4.69) is 30.7 Å². The van der Waals surface area contributed by atoms with Crippen molar-refractivity contribution in [2.24, 2.45) is 4.99 Å². The first-order chi connectivity index (χ1) is 6.83. The molecule has 0 spiro atoms. The van der Waals surface area contributed by atoms with Crippen molar-refractivity contribution in [3.63, 3.8) is 0 Å². The molecule has 0 aromatic heterocycles. The predicted molar refractivity (Wildman–Crippen MR) is 64.5 cm³/mol. The molecule has 0 saturated heterocycles. The number of hydrogen-bond acceptors (Lipinski definition) is 1. The highest BCUT2D eigenvalue weighted by Crippen LogP contribution is 2.10. The minimum absolute atomic E-state index is 1.00. The van der Waals surface area contributed by atoms with E-state index in [0.717, 1.165) is 25.7 Å². The monoisotopic (exact) mass is 191 g/mol. The summed E-state index contributed by atoms with van der Waals surface area (Å²) in [4.78, 5) is 4.24. The highest BCUT2D eigenvalue weighted by Gasteiger charge is 2.00. The van der Waals surface area contributed by atoms with Crippen molar-refractivity contribution >= 4 is 5.71 Å². The Kier molecular flexibility index (Phi) is 7.93. The zero-order valence-corrected chi connectivity index (χ0v) is 9.85. The van der Waals surface area contributed by atoms with Gasteiger partial charge >= 0.3 is 0 Å². The Labute approximate surface area is 88.3 Å². The first-order valence-electron chi connectivity index (χ1n) is 5.54. The minimum Gasteiger partial charge on any atom is -0.265 e. The predicted octanol–water partition coefficient (Wildman–Crippen LogP) is 3.95. The van der Waals surface area contributed by atoms with E-state index in [1.165, 1.54) is 11.3 Å². The Morgan fingerprint density at radius 3 is 2.57 bits per heavy atom. The molecule has 0 aromatic carbocycles. The summed E-state index contributed by atoms with van der Waals surface area (Å²) in [5.41, 5.74) is 2.41. The van der Waals surface area contributed by atoms with Crippen LogP contribution in [-0.4, -0.2) is 5.71 Å². The first kappa shape index (κ1) is 13.0. The third-order valence-corrected chi connectivity index (χ3v) is 1.82. The van der Waals surface area contributed by atoms with Gasteiger partial charge < -0.3 is 0 Å². The molecule has 0 amide bonds. The van der Waals surface area contributed by atoms with E-state index in [4.69, 9.17) is 0 Å². The van der Waals surface area contributed by atoms with Crippen molar-refractivity contribution in [2.75, 3.05) is 0 Å². The number of rotatable bonds is 1. The zero-order chi connectivity index (χ0) is 10.8. The molecule has 0 bridgehead atoms. The van der Waals surface area contributed by atoms with Crippen molar-refractivity contribution in [1.29, 1.82) is 0 Å². The van der Waals surface area contributed by atoms with Crippen LogP contribution in [0.2, 0.25) is 0 Å². The standard InChI is InChI=1S/C11H15N.C2H6/c1-3-4-5-6-11-8-7-10(2)12-9-11;1-2/h9H,3-4,7-8H2,1-2H3;1-2H3. The lowest BCUT2D eigenvalue weighted by Crippen LogP contribution is -1.96. The molecule has 0 unspecified atom stereocenters. The van der Waals surface area contributed by atoms with Crippen LogP contribution in [0.25, 0.3) is 0 Å². The maximum Gasteiger partial charge on any atom is 0.0382 e. The number of allylic oxidation sites excluding steroid dienone is 1. The largest absolute Gasteiger partial charge is 0.265 e. The van der Waals surface area contributed by atoms with Gasteiger partial charge in [0.15, 0.2) is 0 Å². The van der Waals surface area contributed by atoms with Crippen molar-refractivity contribution < 1.29 is 0 Å². The van der Waals surface area contributed by atoms with Crippen LogP contribution in [-0.2, 0) is 0 Å². The summed E-state index contributed by atoms with van der Waals surface area (Å²) in [7, 11) is 0. The summed E-state index contributed by atoms with van der Waals surface area (Å²) in [6, 6.07) is 0. The van der Waals surface area contributed by atoms with Gasteiger partial charge in [0.25, 0.3) is 0 Å². The first-order valence-corrected chi connectivity index (χ1v) is 5.54. The van der Waals surface area contributed by atoms with E-state index in [9.17, 15) is 0 Å². The van der Waals surface area contributed by atoms with E-state index in [0.29, 0.717) is 0 Å². The van der Waals surface area contributed by atoms with Crippen molar-refractivity contribution in [2.45, 2.75) is 53.4 Å². The molecule has 0 radical (unpaired) electrons. The van der Waals surface area contributed by atoms with Crippen LogP contribution < -0.4 is 0 Å². The highest BCUT2D eigenvalue weighted by molar-refractivity contribution is 5.83. The Balaban J connectivity index is 0.000000791. The molecule has 0 fully saturated rings. The minimum atomic E-state index is 1.00. The molecule has 0 aromatic rings. The average Bonchev–Trinajstić information content (AvgIpc) is 2.24. The van der Waals surface area contributed by atoms with Gasteiger partial charge in [0.2, 0.25) is 0 Å². The van der Waals surface area contributed by atoms with Gasteiger partial charge in [0.05, 0.1) is 0 Å². The molecule has 1 aliphatic heterocycles. The topological polar surface area (TPSA) is 12.4 Å². The maximum atomic E-state index is 4.24. The van der Waals surface area contributed by atoms with E-state index in [1.807, 2.05) is 20.0 Å². The van der Waals surface area contributed by atoms with Crippen LogP contribution in [0, 0.1) is 11.8 Å². The van der Waals surface area contributed by atoms with Gasteiger partial charge in [0.1, 0.15) is 0 Å². The number of unbranched alkanes of at least 4 members (excludes halogenated alkanes) is 1. The van der Waals surface area contributed by atoms with Crippen LogP contribution in [0.1, 0.15) is 53.4 Å². The quantitative estimate of drug-likeness (QED) is 0.556. The summed E-state index contributed by atoms with van der Waals surface area (Å²) in [6.07, 6.45) is 6.20. The molecule has 0 aliphatic carbocycles. The molecular weight excluding hydrogens is 170 g/mol. The summed E-state index contributed by atoms with van der Waals surface area (Å²) in [6.45, 7) is 8.21. The number of hydrogen-bond donors (Lipinski definition) is 0. The van der Waals surface area contributed by atoms with Gasteiger partial charge in [-0.05, 0) is 26.2 Å². The average molecular weight is 191 g/mol. The van der Waals surface area contributed by atoms with E-state index in [1.54, 1.807) is 0 Å². The van der Waals surface area contributed by atoms with Crippen LogP contribution in [0.3, 0.4) is 0 Å². The second-order valence-corrected chi connectivity index (χ2v) is 3.07. The van der Waals surface area contributed by atoms with E-state index < -0.39 is 0 Å². The van der Waals surface area contributed by atoms with Crippen molar-refractivity contribution in [3.8, 4) is 11.8 Å². The Bertz CT molecular complexity index is 261. The van der Waals surface area contributed by atoms with Crippen LogP contribution in [0.5, 0.6) is 0 Å². The molecule has 1 rings (SSSR count). The third-order valence-electron chi connectivity index (χ3n) is 1.82. The molecule has 78 valence electrons. The van der Waals surface area contributed by atoms with Gasteiger partial charge in [-0.15, -0.1) is 0 Å². The lowest BCUT2D eigenvalue weighted by molar-refractivity contribution is 0.978. The summed E-state index contributed by atoms with van der Waals surface area (Å²) >= 11 is 0. The SMILES string of the molecule is CC.CCCC#CC1=CN=C(C)CC1. The van der Waals surface area contributed by atoms with Gasteiger partial charge in [-0.25, -0.2) is 0 Å². The molecule has 0 saturated carbocycles. The Hall–Kier alpha value is -1.03. The van der Waals surface area contributed by atoms with Crippen LogP contribution in [0.15, 0.2) is 16.8 Å². The molecule has 14 heavy (non-hydrogen) atoms. The van der Waals surface area contributed by atoms with Crippen LogP contribution in [0.4, 0.5) is 0 Å². The summed E-state index contributed by atoms with van der Waals surface area (Å²) in [5.74, 6) is 6.28. The number of aliphatic imine (C=N–C) groups is 1. The molecular formula is C13H21N. The highest BCUT2D eigenvalue weighted by atomic mass is 14.7. The van der Waals surface area contributed by atoms with Crippen LogP contribution >= 0.6 is 0 Å². The van der Waals surface area contributed by atoms with Gasteiger partial charge in [0, 0.05) is 23.9 Å². The zero-order valence-electron chi connectivity index (χ0n) is 9.85. The van der Waals surface area contributed by atoms with Crippen molar-refractivity contribution in [3.05, 3.63) is 11.8 Å². The Morgan fingerprint density at radius 2 is 2.07 bits per heavy atom. The normalized spacial score (nSPS) is 14.0. The smallest absolute Gasteiger partial charge is 0.0382 e. The molecule has 1 nitrogen and oxygen atoms in total. The van der Waals surface area contributed by atoms with Gasteiger partial charge in [-0.2, -0.15) is 0 Å². The summed E-state index contributed by atoms with van der Waals surface area (Å²) in [5, 5.41) is 0. The summed E-state index contributed by atoms with van der Waals surface area (Å²) < 4.78 is 0. The molecule has 0 N–H and O–H groups in total. The molecule has 0 atom stereocenters. The van der Waals surface area contributed by atoms with E-state index in [-0.39, 0.29) is 0 Å². The second-order valence-electron chi connectivity index (χ2n) is 3.07. The van der Waals surface area contributed by atoms with Crippen molar-refractivity contribution in [1.82, 2.24) is 0 Å². The van der Waals surface area contributed by atoms with Gasteiger partial charge in [-0.1, -0.05) is 32.6 Å². The second kappa shape index (κ2) is 8.56. The molecule has 1 heteroatoms. The fourth-order valence-corrected chi connectivity index (χ4v) is 1.03.